The Kier molecular flexibility index (Phi) is 24.6. The van der Waals surface area contributed by atoms with Gasteiger partial charge in [0.2, 0.25) is 41.4 Å². The third-order valence-corrected chi connectivity index (χ3v) is 15.6. The number of carboxylic acids is 1. The second kappa shape index (κ2) is 33.5. The van der Waals surface area contributed by atoms with E-state index in [0.717, 1.165) is 22.3 Å². The topological polar surface area (TPSA) is 449 Å². The number of nitrogens with one attached hydrogen (secondary N) is 13. The first-order valence-corrected chi connectivity index (χ1v) is 30.9. The molecule has 16 N–H and O–H groups in total. The van der Waals surface area contributed by atoms with Crippen molar-refractivity contribution in [1.82, 2.24) is 92.4 Å². The molecular formula is C63H81N19O11. The fraction of sp³-hybridized carbons (Fsp3) is 0.429. The van der Waals surface area contributed by atoms with Crippen LogP contribution >= 0.6 is 0 Å². The second-order valence-electron chi connectivity index (χ2n) is 23.7. The molecule has 30 heteroatoms. The maximum atomic E-state index is 14.8. The van der Waals surface area contributed by atoms with E-state index in [0.29, 0.717) is 47.9 Å². The summed E-state index contributed by atoms with van der Waals surface area (Å²) in [5.74, 6) is -7.70. The van der Waals surface area contributed by atoms with Crippen molar-refractivity contribution in [2.24, 2.45) is 17.6 Å². The van der Waals surface area contributed by atoms with Crippen molar-refractivity contribution in [1.29, 1.82) is 0 Å². The number of ether oxygens (including phenoxy) is 1. The Hall–Kier alpha value is -10.5. The first kappa shape index (κ1) is 68.4. The Labute approximate surface area is 535 Å². The molecule has 5 aromatic heterocycles. The van der Waals surface area contributed by atoms with Gasteiger partial charge in [0.05, 0.1) is 60.1 Å². The van der Waals surface area contributed by atoms with E-state index in [9.17, 15) is 48.3 Å². The molecular weight excluding hydrogens is 1200 g/mol. The van der Waals surface area contributed by atoms with Crippen molar-refractivity contribution in [2.45, 2.75) is 146 Å². The lowest BCUT2D eigenvalue weighted by molar-refractivity contribution is -0.142. The Balaban J connectivity index is 0.984. The molecule has 2 aromatic carbocycles. The van der Waals surface area contributed by atoms with Crippen LogP contribution in [0.4, 0.5) is 4.79 Å². The number of benzene rings is 2. The largest absolute Gasteiger partial charge is 0.480 e. The van der Waals surface area contributed by atoms with Crippen LogP contribution in [0.1, 0.15) is 105 Å². The van der Waals surface area contributed by atoms with Gasteiger partial charge in [-0.1, -0.05) is 76.2 Å². The van der Waals surface area contributed by atoms with Crippen molar-refractivity contribution >= 4 is 53.4 Å². The van der Waals surface area contributed by atoms with Crippen LogP contribution in [0.25, 0.3) is 11.1 Å². The second-order valence-corrected chi connectivity index (χ2v) is 23.7. The first-order valence-electron chi connectivity index (χ1n) is 30.9. The molecule has 0 bridgehead atoms. The van der Waals surface area contributed by atoms with E-state index in [2.05, 4.69) is 92.4 Å². The molecule has 30 nitrogen and oxygen atoms in total. The molecule has 494 valence electrons. The third kappa shape index (κ3) is 20.0. The molecule has 1 aliphatic rings. The fourth-order valence-corrected chi connectivity index (χ4v) is 10.9. The van der Waals surface area contributed by atoms with Gasteiger partial charge in [0.1, 0.15) is 54.9 Å². The molecule has 0 saturated heterocycles. The number of nitrogens with zero attached hydrogens (tertiary/aromatic N) is 5. The van der Waals surface area contributed by atoms with Gasteiger partial charge in [0.25, 0.3) is 0 Å². The number of hydrogen-bond donors (Lipinski definition) is 15. The number of aromatic nitrogens is 10. The fourth-order valence-electron chi connectivity index (χ4n) is 10.9. The lowest BCUT2D eigenvalue weighted by atomic mass is 9.98. The monoisotopic (exact) mass is 1280 g/mol. The molecule has 0 fully saturated rings. The lowest BCUT2D eigenvalue weighted by Gasteiger charge is -2.28. The molecule has 7 aromatic rings. The lowest BCUT2D eigenvalue weighted by Crippen LogP contribution is -2.61. The summed E-state index contributed by atoms with van der Waals surface area (Å²) < 4.78 is 5.82. The quantitative estimate of drug-likeness (QED) is 0.0247. The molecule has 93 heavy (non-hydrogen) atoms. The van der Waals surface area contributed by atoms with Gasteiger partial charge in [-0.25, -0.2) is 34.5 Å². The number of alkyl carbamates (subject to hydrolysis) is 1. The number of aliphatic carboxylic acids is 1. The van der Waals surface area contributed by atoms with E-state index in [4.69, 9.17) is 10.5 Å². The minimum Gasteiger partial charge on any atom is -0.480 e. The Morgan fingerprint density at radius 1 is 0.441 bits per heavy atom. The predicted octanol–water partition coefficient (Wildman–Crippen LogP) is 1.42. The zero-order chi connectivity index (χ0) is 66.4. The highest BCUT2D eigenvalue weighted by atomic mass is 16.5. The Morgan fingerprint density at radius 2 is 0.742 bits per heavy atom. The highest BCUT2D eigenvalue weighted by Crippen LogP contribution is 2.44. The molecule has 0 saturated carbocycles. The minimum atomic E-state index is -1.47. The maximum absolute atomic E-state index is 14.8. The third-order valence-electron chi connectivity index (χ3n) is 15.6. The van der Waals surface area contributed by atoms with Crippen LogP contribution in [0.3, 0.4) is 0 Å². The maximum Gasteiger partial charge on any atom is 0.407 e. The van der Waals surface area contributed by atoms with Crippen LogP contribution < -0.4 is 48.3 Å². The summed E-state index contributed by atoms with van der Waals surface area (Å²) in [6.45, 7) is 7.66. The number of unbranched alkanes of at least 4 members (excludes halogenated alkanes) is 1. The summed E-state index contributed by atoms with van der Waals surface area (Å²) in [5.41, 5.74) is 11.4. The molecule has 5 heterocycles. The van der Waals surface area contributed by atoms with E-state index in [1.54, 1.807) is 0 Å². The van der Waals surface area contributed by atoms with Crippen molar-refractivity contribution in [3.63, 3.8) is 0 Å². The molecule has 1 aliphatic carbocycles. The number of aromatic amines is 5. The number of carbonyl (C=O) groups excluding carboxylic acids is 8. The zero-order valence-corrected chi connectivity index (χ0v) is 52.1. The average molecular weight is 1280 g/mol. The predicted molar refractivity (Wildman–Crippen MR) is 336 cm³/mol. The molecule has 0 radical (unpaired) electrons. The summed E-state index contributed by atoms with van der Waals surface area (Å²) >= 11 is 0. The number of imidazole rings is 5. The highest BCUT2D eigenvalue weighted by molar-refractivity contribution is 5.98. The van der Waals surface area contributed by atoms with Crippen molar-refractivity contribution in [3.05, 3.63) is 151 Å². The molecule has 8 amide bonds. The summed E-state index contributed by atoms with van der Waals surface area (Å²) in [7, 11) is 0. The van der Waals surface area contributed by atoms with Gasteiger partial charge in [0, 0.05) is 69.0 Å². The van der Waals surface area contributed by atoms with Crippen LogP contribution in [-0.4, -0.2) is 170 Å². The van der Waals surface area contributed by atoms with Crippen molar-refractivity contribution < 1.29 is 53.0 Å². The number of carboxylic acid groups (broad SMARTS) is 1. The Morgan fingerprint density at radius 3 is 1.04 bits per heavy atom. The summed E-state index contributed by atoms with van der Waals surface area (Å²) in [6, 6.07) is 4.76. The number of hydrogen-bond acceptors (Lipinski definition) is 16. The molecule has 0 aliphatic heterocycles. The van der Waals surface area contributed by atoms with Crippen molar-refractivity contribution in [2.75, 3.05) is 13.2 Å². The van der Waals surface area contributed by atoms with Crippen molar-refractivity contribution in [3.8, 4) is 11.1 Å². The number of H-pyrrole nitrogens is 5. The Bertz CT molecular complexity index is 3510. The summed E-state index contributed by atoms with van der Waals surface area (Å²) in [4.78, 5) is 163. The van der Waals surface area contributed by atoms with E-state index in [1.807, 2.05) is 76.2 Å². The molecule has 0 unspecified atom stereocenters. The van der Waals surface area contributed by atoms with Gasteiger partial charge in [-0.15, -0.1) is 0 Å². The first-order chi connectivity index (χ1) is 44.8. The van der Waals surface area contributed by atoms with E-state index in [-0.39, 0.29) is 75.7 Å². The van der Waals surface area contributed by atoms with Crippen LogP contribution in [0.15, 0.2) is 111 Å². The van der Waals surface area contributed by atoms with Gasteiger partial charge in [-0.3, -0.25) is 33.6 Å². The molecule has 8 atom stereocenters. The summed E-state index contributed by atoms with van der Waals surface area (Å²) in [6.07, 6.45) is 13.7. The molecule has 8 rings (SSSR count). The number of fused-ring (bicyclic) bond motifs is 3. The van der Waals surface area contributed by atoms with Crippen LogP contribution in [-0.2, 0) is 75.2 Å². The number of amides is 8. The molecule has 0 spiro atoms. The summed E-state index contributed by atoms with van der Waals surface area (Å²) in [5, 5.41) is 31.7. The zero-order valence-electron chi connectivity index (χ0n) is 52.1. The average Bonchev–Trinajstić information content (AvgIpc) is 1.64. The van der Waals surface area contributed by atoms with Crippen LogP contribution in [0.2, 0.25) is 0 Å². The van der Waals surface area contributed by atoms with Gasteiger partial charge in [0.15, 0.2) is 0 Å². The highest BCUT2D eigenvalue weighted by Gasteiger charge is 2.37. The van der Waals surface area contributed by atoms with Gasteiger partial charge < -0.3 is 83.0 Å². The van der Waals surface area contributed by atoms with Gasteiger partial charge >= 0.3 is 12.1 Å². The van der Waals surface area contributed by atoms with Gasteiger partial charge in [-0.2, -0.15) is 0 Å². The van der Waals surface area contributed by atoms with Gasteiger partial charge in [-0.05, 0) is 72.7 Å². The SMILES string of the molecule is CC(C)C[C@H](NC(=O)OCC1c2ccccc2-c2ccccc21)C(=O)N[C@@H](Cc1c[nH]cn1)C(=O)N[C@@H](Cc1c[nH]cn1)C(=O)N[C@@H](CC(C)C)C(=O)N[C@@H](Cc1c[nH]cn1)C(=O)N[C@@H](Cc1c[nH]cn1)C(=O)N[C@@H](Cc1c[nH]cn1)C(=O)N[C@@H](CCCCN)C(=O)O. The van der Waals surface area contributed by atoms with E-state index < -0.39 is 102 Å². The van der Waals surface area contributed by atoms with Crippen LogP contribution in [0.5, 0.6) is 0 Å². The smallest absolute Gasteiger partial charge is 0.407 e. The number of nitrogens with two attached hydrogens (primary N) is 1. The number of rotatable bonds is 36. The van der Waals surface area contributed by atoms with E-state index >= 15 is 0 Å². The normalized spacial score (nSPS) is 14.4. The van der Waals surface area contributed by atoms with E-state index in [1.165, 1.54) is 62.6 Å². The standard InChI is InChI=1S/C63H81N19O11/c1-35(2)17-48(55(83)77-52(21-39-26-67-32-72-39)59(87)81-54(23-41-28-69-34-74-41)61(89)79-50(19-37-24-65-30-70-37)57(85)75-47(62(90)91)15-9-10-16-64)76-58(86)51(20-38-25-66-31-71-38)80-60(88)53(22-40-27-68-33-73-40)78-56(84)49(18-36(3)4)82-63(92)93-29-46-44-13-7-5-11-42(44)43-12-6-8-14-45(43)46/h5-8,11-14,24-28,30-36,46-54H,9-10,15-23,29,64H2,1-4H3,(H,65,70)(H,66,71)(H,67,72)(H,68,73)(H,69,74)(H,75,85)(H,76,86)(H,77,83)(H,78,84)(H,79,89)(H,80,88)(H,81,87)(H,82,92)(H,90,91)/t47-,48-,49-,50-,51-,52-,53-,54-/m0/s1. The van der Waals surface area contributed by atoms with Crippen LogP contribution in [0, 0.1) is 11.8 Å². The number of carbonyl (C=O) groups is 9. The minimum absolute atomic E-state index is 0.00927.